The van der Waals surface area contributed by atoms with Crippen molar-refractivity contribution in [1.29, 1.82) is 0 Å². The number of nitrogens with zero attached hydrogens (tertiary/aromatic N) is 1. The minimum atomic E-state index is 0.956. The Bertz CT molecular complexity index is 1280. The van der Waals surface area contributed by atoms with Crippen LogP contribution >= 0.6 is 0 Å². The summed E-state index contributed by atoms with van der Waals surface area (Å²) in [6, 6.07) is 37.7. The molecule has 1 heterocycles. The SMILES string of the molecule is c1ccc(CN2Cc3ccc4ccccc4c3-c3c(ccc4ccccc34)C2)cc1. The predicted molar refractivity (Wildman–Crippen MR) is 126 cm³/mol. The molecule has 0 saturated heterocycles. The standard InChI is InChI=1S/C29H23N/c1-2-8-21(9-3-1)18-30-19-24-16-14-22-10-4-6-12-26(22)28(24)29-25(20-30)17-15-23-11-5-7-13-27(23)29/h1-17H,18-20H2. The first-order valence-corrected chi connectivity index (χ1v) is 10.6. The van der Waals surface area contributed by atoms with Gasteiger partial charge in [-0.15, -0.1) is 0 Å². The normalized spacial score (nSPS) is 13.7. The highest BCUT2D eigenvalue weighted by Crippen LogP contribution is 2.42. The Morgan fingerprint density at radius 3 is 1.57 bits per heavy atom. The summed E-state index contributed by atoms with van der Waals surface area (Å²) in [5.74, 6) is 0. The van der Waals surface area contributed by atoms with Gasteiger partial charge >= 0.3 is 0 Å². The molecule has 0 unspecified atom stereocenters. The zero-order valence-corrected chi connectivity index (χ0v) is 16.9. The number of hydrogen-bond donors (Lipinski definition) is 0. The van der Waals surface area contributed by atoms with Gasteiger partial charge in [0.05, 0.1) is 0 Å². The van der Waals surface area contributed by atoms with Crippen LogP contribution in [-0.2, 0) is 19.6 Å². The van der Waals surface area contributed by atoms with Crippen LogP contribution in [0.1, 0.15) is 16.7 Å². The fraction of sp³-hybridized carbons (Fsp3) is 0.103. The van der Waals surface area contributed by atoms with Crippen molar-refractivity contribution in [2.75, 3.05) is 0 Å². The molecule has 0 fully saturated rings. The van der Waals surface area contributed by atoms with E-state index < -0.39 is 0 Å². The van der Waals surface area contributed by atoms with E-state index in [2.05, 4.69) is 108 Å². The van der Waals surface area contributed by atoms with Gasteiger partial charge in [0, 0.05) is 19.6 Å². The molecule has 5 aromatic carbocycles. The molecule has 0 aromatic heterocycles. The smallest absolute Gasteiger partial charge is 0.0247 e. The van der Waals surface area contributed by atoms with Crippen molar-refractivity contribution < 1.29 is 0 Å². The van der Waals surface area contributed by atoms with E-state index >= 15 is 0 Å². The Balaban J connectivity index is 1.62. The quantitative estimate of drug-likeness (QED) is 0.311. The first-order chi connectivity index (χ1) is 14.9. The molecular formula is C29H23N. The Hall–Kier alpha value is -3.42. The molecule has 0 N–H and O–H groups in total. The molecular weight excluding hydrogens is 362 g/mol. The van der Waals surface area contributed by atoms with Crippen LogP contribution in [0.2, 0.25) is 0 Å². The second-order valence-electron chi connectivity index (χ2n) is 8.27. The third-order valence-corrected chi connectivity index (χ3v) is 6.32. The lowest BCUT2D eigenvalue weighted by molar-refractivity contribution is 0.251. The minimum Gasteiger partial charge on any atom is -0.291 e. The van der Waals surface area contributed by atoms with Gasteiger partial charge < -0.3 is 0 Å². The summed E-state index contributed by atoms with van der Waals surface area (Å²) in [4.78, 5) is 2.57. The third kappa shape index (κ3) is 2.91. The molecule has 0 amide bonds. The third-order valence-electron chi connectivity index (χ3n) is 6.32. The monoisotopic (exact) mass is 385 g/mol. The molecule has 1 nitrogen and oxygen atoms in total. The molecule has 6 rings (SSSR count). The summed E-state index contributed by atoms with van der Waals surface area (Å²) >= 11 is 0. The van der Waals surface area contributed by atoms with Crippen LogP contribution in [-0.4, -0.2) is 4.90 Å². The average molecular weight is 386 g/mol. The molecule has 144 valence electrons. The van der Waals surface area contributed by atoms with Gasteiger partial charge in [0.1, 0.15) is 0 Å². The first-order valence-electron chi connectivity index (χ1n) is 10.6. The summed E-state index contributed by atoms with van der Waals surface area (Å²) in [6.45, 7) is 2.87. The fourth-order valence-corrected chi connectivity index (χ4v) is 4.98. The predicted octanol–water partition coefficient (Wildman–Crippen LogP) is 7.18. The van der Waals surface area contributed by atoms with Gasteiger partial charge in [-0.1, -0.05) is 103 Å². The lowest BCUT2D eigenvalue weighted by Crippen LogP contribution is -2.21. The molecule has 0 bridgehead atoms. The lowest BCUT2D eigenvalue weighted by Gasteiger charge is -2.21. The summed E-state index contributed by atoms with van der Waals surface area (Å²) in [7, 11) is 0. The van der Waals surface area contributed by atoms with Gasteiger partial charge in [0.2, 0.25) is 0 Å². The van der Waals surface area contributed by atoms with Crippen molar-refractivity contribution in [1.82, 2.24) is 4.90 Å². The molecule has 0 saturated carbocycles. The molecule has 30 heavy (non-hydrogen) atoms. The maximum absolute atomic E-state index is 2.57. The minimum absolute atomic E-state index is 0.956. The Morgan fingerprint density at radius 2 is 1.00 bits per heavy atom. The molecule has 1 aliphatic rings. The molecule has 0 aliphatic carbocycles. The summed E-state index contributed by atoms with van der Waals surface area (Å²) < 4.78 is 0. The van der Waals surface area contributed by atoms with Crippen molar-refractivity contribution >= 4 is 21.5 Å². The number of rotatable bonds is 2. The molecule has 1 aliphatic heterocycles. The molecule has 0 radical (unpaired) electrons. The first kappa shape index (κ1) is 17.4. The lowest BCUT2D eigenvalue weighted by atomic mass is 9.88. The Morgan fingerprint density at radius 1 is 0.500 bits per heavy atom. The van der Waals surface area contributed by atoms with Gasteiger partial charge in [0.15, 0.2) is 0 Å². The molecule has 5 aromatic rings. The fourth-order valence-electron chi connectivity index (χ4n) is 4.98. The van der Waals surface area contributed by atoms with Crippen molar-refractivity contribution in [3.8, 4) is 11.1 Å². The maximum atomic E-state index is 2.57. The average Bonchev–Trinajstić information content (AvgIpc) is 2.96. The van der Waals surface area contributed by atoms with Gasteiger partial charge in [-0.05, 0) is 49.4 Å². The molecule has 0 atom stereocenters. The van der Waals surface area contributed by atoms with Crippen LogP contribution in [0.4, 0.5) is 0 Å². The van der Waals surface area contributed by atoms with E-state index in [1.807, 2.05) is 0 Å². The van der Waals surface area contributed by atoms with E-state index in [-0.39, 0.29) is 0 Å². The summed E-state index contributed by atoms with van der Waals surface area (Å²) in [5.41, 5.74) is 7.02. The van der Waals surface area contributed by atoms with E-state index in [9.17, 15) is 0 Å². The van der Waals surface area contributed by atoms with E-state index in [4.69, 9.17) is 0 Å². The number of hydrogen-bond acceptors (Lipinski definition) is 1. The Kier molecular flexibility index (Phi) is 4.14. The van der Waals surface area contributed by atoms with Gasteiger partial charge in [-0.25, -0.2) is 0 Å². The Labute approximate surface area is 177 Å². The largest absolute Gasteiger partial charge is 0.291 e. The summed E-state index contributed by atoms with van der Waals surface area (Å²) in [6.07, 6.45) is 0. The van der Waals surface area contributed by atoms with Crippen LogP contribution in [0.25, 0.3) is 32.7 Å². The van der Waals surface area contributed by atoms with E-state index in [0.29, 0.717) is 0 Å². The summed E-state index contributed by atoms with van der Waals surface area (Å²) in [5, 5.41) is 5.33. The molecule has 0 spiro atoms. The second-order valence-corrected chi connectivity index (χ2v) is 8.27. The maximum Gasteiger partial charge on any atom is 0.0247 e. The van der Waals surface area contributed by atoms with Gasteiger partial charge in [-0.2, -0.15) is 0 Å². The second kappa shape index (κ2) is 7.12. The van der Waals surface area contributed by atoms with Crippen LogP contribution in [0.15, 0.2) is 103 Å². The zero-order valence-electron chi connectivity index (χ0n) is 16.9. The highest BCUT2D eigenvalue weighted by molar-refractivity contribution is 6.08. The highest BCUT2D eigenvalue weighted by atomic mass is 15.1. The van der Waals surface area contributed by atoms with Crippen LogP contribution in [0.5, 0.6) is 0 Å². The number of benzene rings is 5. The van der Waals surface area contributed by atoms with Gasteiger partial charge in [0.25, 0.3) is 0 Å². The van der Waals surface area contributed by atoms with Crippen LogP contribution in [0, 0.1) is 0 Å². The molecule has 1 heteroatoms. The highest BCUT2D eigenvalue weighted by Gasteiger charge is 2.23. The van der Waals surface area contributed by atoms with Crippen molar-refractivity contribution in [3.05, 3.63) is 120 Å². The van der Waals surface area contributed by atoms with Crippen molar-refractivity contribution in [3.63, 3.8) is 0 Å². The van der Waals surface area contributed by atoms with Crippen molar-refractivity contribution in [2.24, 2.45) is 0 Å². The number of fused-ring (bicyclic) bond motifs is 7. The van der Waals surface area contributed by atoms with Gasteiger partial charge in [-0.3, -0.25) is 4.90 Å². The van der Waals surface area contributed by atoms with E-state index in [1.54, 1.807) is 0 Å². The van der Waals surface area contributed by atoms with Crippen LogP contribution in [0.3, 0.4) is 0 Å². The van der Waals surface area contributed by atoms with Crippen LogP contribution < -0.4 is 0 Å². The van der Waals surface area contributed by atoms with Crippen molar-refractivity contribution in [2.45, 2.75) is 19.6 Å². The van der Waals surface area contributed by atoms with E-state index in [1.165, 1.54) is 49.4 Å². The van der Waals surface area contributed by atoms with E-state index in [0.717, 1.165) is 19.6 Å². The zero-order chi connectivity index (χ0) is 19.9. The topological polar surface area (TPSA) is 3.24 Å².